The van der Waals surface area contributed by atoms with Crippen LogP contribution in [0.4, 0.5) is 0 Å². The Morgan fingerprint density at radius 2 is 1.96 bits per heavy atom. The maximum absolute atomic E-state index is 5.88. The fraction of sp³-hybridized carbons (Fsp3) is 0.294. The summed E-state index contributed by atoms with van der Waals surface area (Å²) >= 11 is 0. The zero-order valence-electron chi connectivity index (χ0n) is 13.9. The summed E-state index contributed by atoms with van der Waals surface area (Å²) in [6.45, 7) is 1.19. The number of methoxy groups -OCH3 is 2. The van der Waals surface area contributed by atoms with Gasteiger partial charge in [-0.3, -0.25) is 4.98 Å². The van der Waals surface area contributed by atoms with Gasteiger partial charge in [-0.2, -0.15) is 0 Å². The number of nitrogens with zero attached hydrogens (tertiary/aromatic N) is 2. The maximum Gasteiger partial charge on any atom is 0.188 e. The molecule has 0 atom stereocenters. The van der Waals surface area contributed by atoms with Crippen molar-refractivity contribution in [3.8, 4) is 11.5 Å². The molecule has 2 aromatic rings. The molecule has 1 aromatic carbocycles. The number of aliphatic imine (C=N–C) groups is 1. The molecule has 0 spiro atoms. The Morgan fingerprint density at radius 3 is 2.62 bits per heavy atom. The third-order valence-electron chi connectivity index (χ3n) is 3.32. The van der Waals surface area contributed by atoms with Crippen molar-refractivity contribution < 1.29 is 9.47 Å². The maximum atomic E-state index is 5.88. The number of hydrogen-bond donors (Lipinski definition) is 2. The molecule has 0 bridgehead atoms. The first-order valence-corrected chi connectivity index (χ1v) is 7.36. The van der Waals surface area contributed by atoms with Crippen LogP contribution in [0.25, 0.3) is 0 Å². The van der Waals surface area contributed by atoms with Crippen LogP contribution >= 0.6 is 24.0 Å². The Morgan fingerprint density at radius 1 is 1.17 bits per heavy atom. The number of ether oxygens (including phenoxy) is 2. The van der Waals surface area contributed by atoms with Gasteiger partial charge in [0.15, 0.2) is 17.5 Å². The van der Waals surface area contributed by atoms with E-state index in [9.17, 15) is 0 Å². The van der Waals surface area contributed by atoms with Gasteiger partial charge in [-0.1, -0.05) is 12.1 Å². The predicted molar refractivity (Wildman–Crippen MR) is 106 cm³/mol. The lowest BCUT2D eigenvalue weighted by Crippen LogP contribution is -2.33. The van der Waals surface area contributed by atoms with E-state index in [2.05, 4.69) is 15.3 Å². The van der Waals surface area contributed by atoms with Crippen LogP contribution in [0.15, 0.2) is 47.7 Å². The van der Waals surface area contributed by atoms with Gasteiger partial charge in [-0.15, -0.1) is 24.0 Å². The minimum Gasteiger partial charge on any atom is -0.493 e. The first kappa shape index (κ1) is 20.0. The van der Waals surface area contributed by atoms with Gasteiger partial charge in [-0.05, 0) is 35.7 Å². The first-order valence-electron chi connectivity index (χ1n) is 7.36. The third kappa shape index (κ3) is 6.23. The number of guanidine groups is 1. The number of hydrogen-bond acceptors (Lipinski definition) is 4. The standard InChI is InChI=1S/C17H22N4O2.HI/c1-22-15-6-5-14(10-16(15)23-2)12-21-17(18)20-9-7-13-4-3-8-19-11-13;/h3-6,8,10-11H,7,9,12H2,1-2H3,(H3,18,20,21);1H. The van der Waals surface area contributed by atoms with Crippen molar-refractivity contribution in [2.75, 3.05) is 20.8 Å². The van der Waals surface area contributed by atoms with Crippen molar-refractivity contribution in [3.05, 3.63) is 53.9 Å². The Labute approximate surface area is 159 Å². The van der Waals surface area contributed by atoms with Crippen molar-refractivity contribution in [1.29, 1.82) is 0 Å². The summed E-state index contributed by atoms with van der Waals surface area (Å²) in [6, 6.07) is 9.64. The number of nitrogens with two attached hydrogens (primary N) is 1. The van der Waals surface area contributed by atoms with Crippen LogP contribution in [0.3, 0.4) is 0 Å². The van der Waals surface area contributed by atoms with Gasteiger partial charge in [0.1, 0.15) is 0 Å². The SMILES string of the molecule is COc1ccc(CN=C(N)NCCc2cccnc2)cc1OC.I. The van der Waals surface area contributed by atoms with Crippen LogP contribution in [0, 0.1) is 0 Å². The van der Waals surface area contributed by atoms with E-state index in [4.69, 9.17) is 15.2 Å². The van der Waals surface area contributed by atoms with Gasteiger partial charge in [0.2, 0.25) is 0 Å². The number of pyridine rings is 1. The molecular formula is C17H23IN4O2. The summed E-state index contributed by atoms with van der Waals surface area (Å²) < 4.78 is 10.5. The molecule has 0 aliphatic rings. The summed E-state index contributed by atoms with van der Waals surface area (Å²) in [5.41, 5.74) is 8.04. The summed E-state index contributed by atoms with van der Waals surface area (Å²) in [7, 11) is 3.22. The molecule has 2 rings (SSSR count). The molecule has 0 radical (unpaired) electrons. The Bertz CT molecular complexity index is 650. The second-order valence-electron chi connectivity index (χ2n) is 4.93. The van der Waals surface area contributed by atoms with Gasteiger partial charge in [-0.25, -0.2) is 4.99 Å². The summed E-state index contributed by atoms with van der Waals surface area (Å²) in [4.78, 5) is 8.41. The molecule has 7 heteroatoms. The minimum atomic E-state index is 0. The van der Waals surface area contributed by atoms with Crippen LogP contribution in [0.5, 0.6) is 11.5 Å². The lowest BCUT2D eigenvalue weighted by molar-refractivity contribution is 0.354. The van der Waals surface area contributed by atoms with E-state index < -0.39 is 0 Å². The van der Waals surface area contributed by atoms with Gasteiger partial charge >= 0.3 is 0 Å². The van der Waals surface area contributed by atoms with E-state index in [0.29, 0.717) is 30.5 Å². The Kier molecular flexibility index (Phi) is 8.92. The van der Waals surface area contributed by atoms with Crippen LogP contribution < -0.4 is 20.5 Å². The Hall–Kier alpha value is -2.03. The molecule has 0 saturated heterocycles. The lowest BCUT2D eigenvalue weighted by atomic mass is 10.2. The number of nitrogens with one attached hydrogen (secondary N) is 1. The van der Waals surface area contributed by atoms with Crippen LogP contribution in [0.2, 0.25) is 0 Å². The zero-order chi connectivity index (χ0) is 16.5. The quantitative estimate of drug-likeness (QED) is 0.391. The van der Waals surface area contributed by atoms with E-state index in [1.807, 2.05) is 36.5 Å². The first-order chi connectivity index (χ1) is 11.2. The minimum absolute atomic E-state index is 0. The van der Waals surface area contributed by atoms with E-state index >= 15 is 0 Å². The average Bonchev–Trinajstić information content (AvgIpc) is 2.60. The lowest BCUT2D eigenvalue weighted by Gasteiger charge is -2.09. The summed E-state index contributed by atoms with van der Waals surface area (Å²) in [5.74, 6) is 1.80. The molecule has 3 N–H and O–H groups in total. The van der Waals surface area contributed by atoms with Crippen molar-refractivity contribution in [1.82, 2.24) is 10.3 Å². The van der Waals surface area contributed by atoms with Gasteiger partial charge in [0, 0.05) is 18.9 Å². The number of benzene rings is 1. The number of rotatable bonds is 7. The number of halogens is 1. The molecule has 0 aliphatic carbocycles. The smallest absolute Gasteiger partial charge is 0.188 e. The highest BCUT2D eigenvalue weighted by molar-refractivity contribution is 14.0. The summed E-state index contributed by atoms with van der Waals surface area (Å²) in [6.07, 6.45) is 4.45. The fourth-order valence-electron chi connectivity index (χ4n) is 2.09. The topological polar surface area (TPSA) is 81.8 Å². The fourth-order valence-corrected chi connectivity index (χ4v) is 2.09. The van der Waals surface area contributed by atoms with Gasteiger partial charge in [0.25, 0.3) is 0 Å². The van der Waals surface area contributed by atoms with Crippen LogP contribution in [-0.2, 0) is 13.0 Å². The predicted octanol–water partition coefficient (Wildman–Crippen LogP) is 2.36. The molecule has 0 fully saturated rings. The average molecular weight is 442 g/mol. The largest absolute Gasteiger partial charge is 0.493 e. The normalized spacial score (nSPS) is 10.7. The highest BCUT2D eigenvalue weighted by Crippen LogP contribution is 2.27. The molecule has 6 nitrogen and oxygen atoms in total. The van der Waals surface area contributed by atoms with E-state index in [-0.39, 0.29) is 24.0 Å². The molecule has 130 valence electrons. The van der Waals surface area contributed by atoms with Crippen molar-refractivity contribution >= 4 is 29.9 Å². The zero-order valence-corrected chi connectivity index (χ0v) is 16.2. The second-order valence-corrected chi connectivity index (χ2v) is 4.93. The van der Waals surface area contributed by atoms with E-state index in [1.54, 1.807) is 20.4 Å². The second kappa shape index (κ2) is 10.7. The molecule has 1 heterocycles. The van der Waals surface area contributed by atoms with Crippen LogP contribution in [0.1, 0.15) is 11.1 Å². The highest BCUT2D eigenvalue weighted by atomic mass is 127. The van der Waals surface area contributed by atoms with E-state index in [0.717, 1.165) is 17.5 Å². The molecule has 1 aromatic heterocycles. The van der Waals surface area contributed by atoms with Crippen molar-refractivity contribution in [3.63, 3.8) is 0 Å². The molecule has 0 amide bonds. The monoisotopic (exact) mass is 442 g/mol. The van der Waals surface area contributed by atoms with Crippen LogP contribution in [-0.4, -0.2) is 31.7 Å². The molecule has 0 aliphatic heterocycles. The molecular weight excluding hydrogens is 419 g/mol. The van der Waals surface area contributed by atoms with E-state index in [1.165, 1.54) is 0 Å². The number of aromatic nitrogens is 1. The molecule has 0 saturated carbocycles. The van der Waals surface area contributed by atoms with Gasteiger partial charge < -0.3 is 20.5 Å². The van der Waals surface area contributed by atoms with Gasteiger partial charge in [0.05, 0.1) is 20.8 Å². The summed E-state index contributed by atoms with van der Waals surface area (Å²) in [5, 5.41) is 3.10. The molecule has 24 heavy (non-hydrogen) atoms. The van der Waals surface area contributed by atoms with Crippen molar-refractivity contribution in [2.45, 2.75) is 13.0 Å². The third-order valence-corrected chi connectivity index (χ3v) is 3.32. The van der Waals surface area contributed by atoms with Crippen molar-refractivity contribution in [2.24, 2.45) is 10.7 Å². The molecule has 0 unspecified atom stereocenters. The Balaban J connectivity index is 0.00000288. The highest BCUT2D eigenvalue weighted by Gasteiger charge is 2.04.